The highest BCUT2D eigenvalue weighted by Crippen LogP contribution is 2.38. The van der Waals surface area contributed by atoms with E-state index in [4.69, 9.17) is 0 Å². The predicted octanol–water partition coefficient (Wildman–Crippen LogP) is -2.42. The van der Waals surface area contributed by atoms with Gasteiger partial charge in [-0.2, -0.15) is 0 Å². The third kappa shape index (κ3) is 13.6. The number of anilines is 2. The van der Waals surface area contributed by atoms with Crippen molar-refractivity contribution in [2.24, 2.45) is 0 Å². The number of hydrogen-bond donors (Lipinski definition) is 15. The summed E-state index contributed by atoms with van der Waals surface area (Å²) >= 11 is 10.1. The number of rotatable bonds is 20. The molecule has 0 saturated carbocycles. The Labute approximate surface area is 410 Å². The number of benzene rings is 2. The smallest absolute Gasteiger partial charge is 0.263 e. The van der Waals surface area contributed by atoms with Crippen molar-refractivity contribution in [3.8, 4) is 0 Å². The van der Waals surface area contributed by atoms with Crippen LogP contribution < -0.4 is 31.9 Å². The van der Waals surface area contributed by atoms with Crippen molar-refractivity contribution in [2.75, 3.05) is 63.4 Å². The van der Waals surface area contributed by atoms with E-state index in [0.29, 0.717) is 0 Å². The number of carbonyl (C=O) groups excluding carboxylic acids is 6. The first kappa shape index (κ1) is 53.4. The van der Waals surface area contributed by atoms with Crippen molar-refractivity contribution >= 4 is 182 Å². The summed E-state index contributed by atoms with van der Waals surface area (Å²) < 4.78 is 0.0603. The lowest BCUT2D eigenvalue weighted by molar-refractivity contribution is -0.134. The van der Waals surface area contributed by atoms with Crippen molar-refractivity contribution in [2.45, 2.75) is 30.4 Å². The molecular formula is C31H36I6N6O15. The predicted molar refractivity (Wildman–Crippen MR) is 254 cm³/mol. The van der Waals surface area contributed by atoms with Crippen LogP contribution in [0, 0.1) is 21.4 Å². The molecule has 0 aliphatic carbocycles. The lowest BCUT2D eigenvalue weighted by Crippen LogP contribution is -2.42. The van der Waals surface area contributed by atoms with Crippen LogP contribution >= 0.6 is 136 Å². The van der Waals surface area contributed by atoms with Crippen LogP contribution in [-0.4, -0.2) is 165 Å². The minimum absolute atomic E-state index is 0.00387. The number of hydrogen-bond acceptors (Lipinski definition) is 15. The summed E-state index contributed by atoms with van der Waals surface area (Å²) in [6.07, 6.45) is -5.23. The van der Waals surface area contributed by atoms with Crippen LogP contribution in [0.15, 0.2) is 0 Å². The summed E-state index contributed by atoms with van der Waals surface area (Å²) in [6.45, 7) is -4.84. The maximum absolute atomic E-state index is 13.6. The molecule has 0 bridgehead atoms. The molecule has 0 radical (unpaired) electrons. The topological polar surface area (TPSA) is 357 Å². The molecule has 27 heteroatoms. The fourth-order valence-electron chi connectivity index (χ4n) is 4.39. The Morgan fingerprint density at radius 1 is 0.431 bits per heavy atom. The molecule has 2 aromatic carbocycles. The SMILES string of the molecule is O=C(NCC(O)CO)c1c(I)c(NC(=O)C(O)C(=O)Nc2c(I)c(C(=O)NCC(O)CO)c(I)c(C(=O)NC(CO)CO)c2I)c(I)c(C(=O)NC(CO)CO)c1I. The molecule has 0 fully saturated rings. The van der Waals surface area contributed by atoms with Gasteiger partial charge < -0.3 is 77.9 Å². The highest BCUT2D eigenvalue weighted by Gasteiger charge is 2.34. The maximum Gasteiger partial charge on any atom is 0.263 e. The largest absolute Gasteiger partial charge is 0.394 e. The number of nitrogens with one attached hydrogen (secondary N) is 6. The van der Waals surface area contributed by atoms with Crippen molar-refractivity contribution in [3.63, 3.8) is 0 Å². The van der Waals surface area contributed by atoms with Crippen molar-refractivity contribution in [3.05, 3.63) is 43.7 Å². The third-order valence-electron chi connectivity index (χ3n) is 7.51. The molecule has 322 valence electrons. The van der Waals surface area contributed by atoms with Gasteiger partial charge in [0.15, 0.2) is 0 Å². The average Bonchev–Trinajstić information content (AvgIpc) is 3.19. The van der Waals surface area contributed by atoms with Gasteiger partial charge in [0.25, 0.3) is 35.4 Å². The van der Waals surface area contributed by atoms with Gasteiger partial charge in [-0.3, -0.25) is 28.8 Å². The molecule has 21 nitrogen and oxygen atoms in total. The van der Waals surface area contributed by atoms with E-state index in [-0.39, 0.29) is 55.0 Å². The van der Waals surface area contributed by atoms with Crippen molar-refractivity contribution in [1.82, 2.24) is 21.3 Å². The van der Waals surface area contributed by atoms with Crippen LogP contribution in [0.4, 0.5) is 11.4 Å². The molecule has 2 atom stereocenters. The first-order chi connectivity index (χ1) is 27.3. The molecule has 58 heavy (non-hydrogen) atoms. The highest BCUT2D eigenvalue weighted by atomic mass is 127. The minimum Gasteiger partial charge on any atom is -0.394 e. The Morgan fingerprint density at radius 2 is 0.707 bits per heavy atom. The summed E-state index contributed by atoms with van der Waals surface area (Å²) in [6, 6.07) is -2.25. The lowest BCUT2D eigenvalue weighted by atomic mass is 10.1. The summed E-state index contributed by atoms with van der Waals surface area (Å²) in [5.74, 6) is -6.28. The fourth-order valence-corrected chi connectivity index (χ4v) is 13.2. The van der Waals surface area contributed by atoms with Crippen LogP contribution in [0.5, 0.6) is 0 Å². The lowest BCUT2D eigenvalue weighted by Gasteiger charge is -2.23. The number of halogens is 6. The molecule has 0 aromatic heterocycles. The molecule has 0 saturated heterocycles. The Kier molecular flexibility index (Phi) is 23.4. The van der Waals surface area contributed by atoms with E-state index in [9.17, 15) is 74.7 Å². The molecule has 2 unspecified atom stereocenters. The Morgan fingerprint density at radius 3 is 0.966 bits per heavy atom. The van der Waals surface area contributed by atoms with Gasteiger partial charge in [-0.15, -0.1) is 0 Å². The Hall–Kier alpha value is -0.720. The molecule has 2 rings (SSSR count). The van der Waals surface area contributed by atoms with Gasteiger partial charge in [-0.05, 0) is 136 Å². The second-order valence-electron chi connectivity index (χ2n) is 11.7. The van der Waals surface area contributed by atoms with E-state index in [1.54, 1.807) is 136 Å². The normalized spacial score (nSPS) is 12.8. The van der Waals surface area contributed by atoms with E-state index in [2.05, 4.69) is 31.9 Å². The zero-order valence-corrected chi connectivity index (χ0v) is 42.2. The average molecular weight is 1490 g/mol. The monoisotopic (exact) mass is 1490 g/mol. The van der Waals surface area contributed by atoms with Crippen LogP contribution in [0.25, 0.3) is 0 Å². The summed E-state index contributed by atoms with van der Waals surface area (Å²) in [5, 5.41) is 101. The van der Waals surface area contributed by atoms with Gasteiger partial charge >= 0.3 is 0 Å². The van der Waals surface area contributed by atoms with E-state index in [0.717, 1.165) is 0 Å². The zero-order valence-electron chi connectivity index (χ0n) is 29.3. The van der Waals surface area contributed by atoms with Crippen LogP contribution in [0.1, 0.15) is 41.4 Å². The highest BCUT2D eigenvalue weighted by molar-refractivity contribution is 14.1. The number of aliphatic hydroxyl groups is 9. The number of amides is 6. The molecule has 0 aliphatic heterocycles. The molecule has 0 spiro atoms. The minimum atomic E-state index is -2.54. The molecule has 2 aromatic rings. The third-order valence-corrected chi connectivity index (χ3v) is 14.0. The standard InChI is InChI=1S/C31H36I6N6O15/c32-17-13(26(53)38-1-11(50)7-48)19(34)23(21(36)15(17)28(55)40-9(3-44)4-45)42-30(57)25(52)31(58)43-24-20(35)14(27(54)39-2-12(51)8-49)18(33)16(22(24)37)29(56)41-10(5-46)6-47/h9-12,25,44-52H,1-8H2,(H,38,53)(H,39,54)(H,40,55)(H,41,56)(H,42,57)(H,43,58). The quantitative estimate of drug-likeness (QED) is 0.0485. The first-order valence-corrected chi connectivity index (χ1v) is 22.6. The van der Waals surface area contributed by atoms with E-state index in [1.165, 1.54) is 0 Å². The van der Waals surface area contributed by atoms with Crippen LogP contribution in [-0.2, 0) is 9.59 Å². The maximum atomic E-state index is 13.6. The zero-order chi connectivity index (χ0) is 44.2. The number of aliphatic hydroxyl groups excluding tert-OH is 9. The molecular weight excluding hydrogens is 1460 g/mol. The Balaban J connectivity index is 2.68. The van der Waals surface area contributed by atoms with Gasteiger partial charge in [0.05, 0.1) is 112 Å². The van der Waals surface area contributed by atoms with Gasteiger partial charge in [0.2, 0.25) is 6.10 Å². The second-order valence-corrected chi connectivity index (χ2v) is 18.2. The van der Waals surface area contributed by atoms with Crippen molar-refractivity contribution in [1.29, 1.82) is 0 Å². The molecule has 15 N–H and O–H groups in total. The summed E-state index contributed by atoms with van der Waals surface area (Å²) in [4.78, 5) is 80.8. The summed E-state index contributed by atoms with van der Waals surface area (Å²) in [7, 11) is 0. The van der Waals surface area contributed by atoms with Gasteiger partial charge in [-0.25, -0.2) is 0 Å². The number of carbonyl (C=O) groups is 6. The van der Waals surface area contributed by atoms with Crippen LogP contribution in [0.3, 0.4) is 0 Å². The fraction of sp³-hybridized carbons (Fsp3) is 0.419. The second kappa shape index (κ2) is 25.4. The van der Waals surface area contributed by atoms with E-state index < -0.39 is 119 Å². The first-order valence-electron chi connectivity index (χ1n) is 16.2. The van der Waals surface area contributed by atoms with Crippen molar-refractivity contribution < 1.29 is 74.7 Å². The van der Waals surface area contributed by atoms with Gasteiger partial charge in [0.1, 0.15) is 0 Å². The molecule has 0 aliphatic rings. The van der Waals surface area contributed by atoms with Gasteiger partial charge in [-0.1, -0.05) is 0 Å². The van der Waals surface area contributed by atoms with E-state index >= 15 is 0 Å². The summed E-state index contributed by atoms with van der Waals surface area (Å²) in [5.41, 5.74) is -1.30. The molecule has 6 amide bonds. The molecule has 0 heterocycles. The van der Waals surface area contributed by atoms with E-state index in [1.807, 2.05) is 0 Å². The van der Waals surface area contributed by atoms with Crippen LogP contribution in [0.2, 0.25) is 0 Å². The Bertz CT molecular complexity index is 1750. The van der Waals surface area contributed by atoms with Gasteiger partial charge in [0, 0.05) is 20.2 Å².